The predicted octanol–water partition coefficient (Wildman–Crippen LogP) is 2.67. The van der Waals surface area contributed by atoms with E-state index < -0.39 is 0 Å². The van der Waals surface area contributed by atoms with E-state index in [-0.39, 0.29) is 12.6 Å². The van der Waals surface area contributed by atoms with Gasteiger partial charge in [0.15, 0.2) is 11.5 Å². The standard InChI is InChI=1S/C14H18O4/c1-4-5-12-6-7-13(14(10-12)16-3)18-9-8-17-11(2)15/h4-7,10H,8-9H2,1-3H3/b5-4-. The van der Waals surface area contributed by atoms with E-state index >= 15 is 0 Å². The molecule has 0 unspecified atom stereocenters. The average molecular weight is 250 g/mol. The first-order valence-corrected chi connectivity index (χ1v) is 5.74. The van der Waals surface area contributed by atoms with Gasteiger partial charge in [-0.15, -0.1) is 0 Å². The Bertz CT molecular complexity index is 424. The van der Waals surface area contributed by atoms with E-state index in [1.54, 1.807) is 7.11 Å². The molecule has 1 aromatic carbocycles. The topological polar surface area (TPSA) is 44.8 Å². The average Bonchev–Trinajstić information content (AvgIpc) is 2.35. The first-order chi connectivity index (χ1) is 8.67. The van der Waals surface area contributed by atoms with E-state index in [0.29, 0.717) is 18.1 Å². The second-order valence-corrected chi connectivity index (χ2v) is 3.60. The van der Waals surface area contributed by atoms with Crippen molar-refractivity contribution in [2.75, 3.05) is 20.3 Å². The molecule has 0 heterocycles. The van der Waals surface area contributed by atoms with Gasteiger partial charge in [0.25, 0.3) is 0 Å². The fourth-order valence-electron chi connectivity index (χ4n) is 1.44. The maximum absolute atomic E-state index is 10.6. The number of carbonyl (C=O) groups is 1. The second-order valence-electron chi connectivity index (χ2n) is 3.60. The largest absolute Gasteiger partial charge is 0.493 e. The lowest BCUT2D eigenvalue weighted by molar-refractivity contribution is -0.141. The molecular formula is C14H18O4. The number of carbonyl (C=O) groups excluding carboxylic acids is 1. The van der Waals surface area contributed by atoms with Crippen molar-refractivity contribution in [3.05, 3.63) is 29.8 Å². The van der Waals surface area contributed by atoms with Gasteiger partial charge in [0.2, 0.25) is 0 Å². The lowest BCUT2D eigenvalue weighted by atomic mass is 10.2. The van der Waals surface area contributed by atoms with Gasteiger partial charge in [-0.2, -0.15) is 0 Å². The molecule has 0 saturated heterocycles. The fraction of sp³-hybridized carbons (Fsp3) is 0.357. The third kappa shape index (κ3) is 4.49. The van der Waals surface area contributed by atoms with Gasteiger partial charge in [-0.1, -0.05) is 18.2 Å². The Kier molecular flexibility index (Phi) is 5.77. The van der Waals surface area contributed by atoms with E-state index in [2.05, 4.69) is 0 Å². The van der Waals surface area contributed by atoms with Gasteiger partial charge in [0, 0.05) is 6.92 Å². The summed E-state index contributed by atoms with van der Waals surface area (Å²) in [5.74, 6) is 0.986. The summed E-state index contributed by atoms with van der Waals surface area (Å²) in [4.78, 5) is 10.6. The molecule has 0 aliphatic heterocycles. The lowest BCUT2D eigenvalue weighted by Crippen LogP contribution is -2.10. The summed E-state index contributed by atoms with van der Waals surface area (Å²) in [6, 6.07) is 5.66. The Hall–Kier alpha value is -1.97. The maximum atomic E-state index is 10.6. The minimum absolute atomic E-state index is 0.231. The van der Waals surface area contributed by atoms with Gasteiger partial charge in [-0.25, -0.2) is 0 Å². The molecule has 0 aliphatic rings. The van der Waals surface area contributed by atoms with Crippen molar-refractivity contribution in [2.45, 2.75) is 13.8 Å². The quantitative estimate of drug-likeness (QED) is 0.575. The second kappa shape index (κ2) is 7.37. The molecule has 1 rings (SSSR count). The molecule has 0 atom stereocenters. The van der Waals surface area contributed by atoms with Crippen molar-refractivity contribution in [1.82, 2.24) is 0 Å². The number of methoxy groups -OCH3 is 1. The molecule has 1 aromatic rings. The van der Waals surface area contributed by atoms with Gasteiger partial charge in [0.1, 0.15) is 13.2 Å². The lowest BCUT2D eigenvalue weighted by Gasteiger charge is -2.11. The highest BCUT2D eigenvalue weighted by Crippen LogP contribution is 2.28. The molecule has 0 saturated carbocycles. The summed E-state index contributed by atoms with van der Waals surface area (Å²) in [5, 5.41) is 0. The molecule has 0 spiro atoms. The molecule has 18 heavy (non-hydrogen) atoms. The van der Waals surface area contributed by atoms with Crippen LogP contribution in [0, 0.1) is 0 Å². The molecular weight excluding hydrogens is 232 g/mol. The molecule has 0 aliphatic carbocycles. The van der Waals surface area contributed by atoms with Crippen LogP contribution >= 0.6 is 0 Å². The zero-order valence-corrected chi connectivity index (χ0v) is 10.9. The highest BCUT2D eigenvalue weighted by atomic mass is 16.6. The van der Waals surface area contributed by atoms with Gasteiger partial charge in [-0.05, 0) is 24.6 Å². The van der Waals surface area contributed by atoms with E-state index in [9.17, 15) is 4.79 Å². The van der Waals surface area contributed by atoms with Crippen molar-refractivity contribution in [1.29, 1.82) is 0 Å². The van der Waals surface area contributed by atoms with E-state index in [4.69, 9.17) is 14.2 Å². The van der Waals surface area contributed by atoms with Gasteiger partial charge < -0.3 is 14.2 Å². The Morgan fingerprint density at radius 2 is 2.06 bits per heavy atom. The summed E-state index contributed by atoms with van der Waals surface area (Å²) < 4.78 is 15.5. The van der Waals surface area contributed by atoms with E-state index in [1.165, 1.54) is 6.92 Å². The van der Waals surface area contributed by atoms with Crippen molar-refractivity contribution in [3.63, 3.8) is 0 Å². The summed E-state index contributed by atoms with van der Waals surface area (Å²) >= 11 is 0. The van der Waals surface area contributed by atoms with Crippen LogP contribution in [0.1, 0.15) is 19.4 Å². The number of ether oxygens (including phenoxy) is 3. The molecule has 0 aromatic heterocycles. The van der Waals surface area contributed by atoms with Gasteiger partial charge in [-0.3, -0.25) is 4.79 Å². The number of hydrogen-bond donors (Lipinski definition) is 0. The fourth-order valence-corrected chi connectivity index (χ4v) is 1.44. The molecule has 98 valence electrons. The Morgan fingerprint density at radius 1 is 1.28 bits per heavy atom. The summed E-state index contributed by atoms with van der Waals surface area (Å²) in [6.07, 6.45) is 3.93. The van der Waals surface area contributed by atoms with Crippen molar-refractivity contribution in [3.8, 4) is 11.5 Å². The van der Waals surface area contributed by atoms with Crippen LogP contribution in [-0.4, -0.2) is 26.3 Å². The van der Waals surface area contributed by atoms with Crippen LogP contribution < -0.4 is 9.47 Å². The van der Waals surface area contributed by atoms with Crippen molar-refractivity contribution in [2.24, 2.45) is 0 Å². The van der Waals surface area contributed by atoms with Crippen LogP contribution in [0.2, 0.25) is 0 Å². The summed E-state index contributed by atoms with van der Waals surface area (Å²) in [5.41, 5.74) is 1.04. The van der Waals surface area contributed by atoms with Crippen molar-refractivity contribution >= 4 is 12.0 Å². The minimum atomic E-state index is -0.311. The number of esters is 1. The summed E-state index contributed by atoms with van der Waals surface area (Å²) in [7, 11) is 1.59. The normalized spacial score (nSPS) is 10.4. The number of rotatable bonds is 6. The molecule has 0 radical (unpaired) electrons. The van der Waals surface area contributed by atoms with Crippen LogP contribution in [0.15, 0.2) is 24.3 Å². The van der Waals surface area contributed by atoms with Gasteiger partial charge in [0.05, 0.1) is 7.11 Å². The third-order valence-electron chi connectivity index (χ3n) is 2.19. The van der Waals surface area contributed by atoms with Crippen LogP contribution in [0.25, 0.3) is 6.08 Å². The zero-order valence-electron chi connectivity index (χ0n) is 10.9. The maximum Gasteiger partial charge on any atom is 0.302 e. The molecule has 0 fully saturated rings. The molecule has 4 nitrogen and oxygen atoms in total. The van der Waals surface area contributed by atoms with Crippen LogP contribution in [0.4, 0.5) is 0 Å². The molecule has 0 N–H and O–H groups in total. The molecule has 0 amide bonds. The first kappa shape index (κ1) is 14.1. The summed E-state index contributed by atoms with van der Waals surface area (Å²) in [6.45, 7) is 3.86. The van der Waals surface area contributed by atoms with E-state index in [0.717, 1.165) is 5.56 Å². The number of benzene rings is 1. The molecule has 4 heteroatoms. The number of hydrogen-bond acceptors (Lipinski definition) is 4. The highest BCUT2D eigenvalue weighted by Gasteiger charge is 2.04. The molecule has 0 bridgehead atoms. The SMILES string of the molecule is C/C=C\c1ccc(OCCOC(C)=O)c(OC)c1. The predicted molar refractivity (Wildman–Crippen MR) is 69.8 cm³/mol. The van der Waals surface area contributed by atoms with Crippen molar-refractivity contribution < 1.29 is 19.0 Å². The zero-order chi connectivity index (χ0) is 13.4. The van der Waals surface area contributed by atoms with Crippen LogP contribution in [0.5, 0.6) is 11.5 Å². The Balaban J connectivity index is 2.62. The monoisotopic (exact) mass is 250 g/mol. The Labute approximate surface area is 107 Å². The van der Waals surface area contributed by atoms with E-state index in [1.807, 2.05) is 37.3 Å². The highest BCUT2D eigenvalue weighted by molar-refractivity contribution is 5.65. The third-order valence-corrected chi connectivity index (χ3v) is 2.19. The van der Waals surface area contributed by atoms with Crippen LogP contribution in [-0.2, 0) is 9.53 Å². The first-order valence-electron chi connectivity index (χ1n) is 5.74. The smallest absolute Gasteiger partial charge is 0.302 e. The van der Waals surface area contributed by atoms with Crippen LogP contribution in [0.3, 0.4) is 0 Å². The minimum Gasteiger partial charge on any atom is -0.493 e. The van der Waals surface area contributed by atoms with Gasteiger partial charge >= 0.3 is 5.97 Å². The Morgan fingerprint density at radius 3 is 2.67 bits per heavy atom. The number of allylic oxidation sites excluding steroid dienone is 1.